The van der Waals surface area contributed by atoms with Gasteiger partial charge in [-0.3, -0.25) is 9.69 Å². The highest BCUT2D eigenvalue weighted by Gasteiger charge is 2.34. The van der Waals surface area contributed by atoms with E-state index in [-0.39, 0.29) is 29.8 Å². The third-order valence-electron chi connectivity index (χ3n) is 5.27. The normalized spacial score (nSPS) is 16.4. The fourth-order valence-corrected chi connectivity index (χ4v) is 3.70. The summed E-state index contributed by atoms with van der Waals surface area (Å²) in [6.07, 6.45) is -5.60. The monoisotopic (exact) mass is 462 g/mol. The highest BCUT2D eigenvalue weighted by molar-refractivity contribution is 5.94. The third kappa shape index (κ3) is 4.86. The molecule has 0 unspecified atom stereocenters. The minimum atomic E-state index is -4.56. The van der Waals surface area contributed by atoms with Gasteiger partial charge < -0.3 is 19.2 Å². The van der Waals surface area contributed by atoms with Crippen molar-refractivity contribution in [3.05, 3.63) is 64.4 Å². The Hall–Kier alpha value is -3.37. The van der Waals surface area contributed by atoms with Gasteiger partial charge in [0.1, 0.15) is 6.10 Å². The molecular weight excluding hydrogens is 441 g/mol. The van der Waals surface area contributed by atoms with E-state index in [0.717, 1.165) is 6.07 Å². The Kier molecular flexibility index (Phi) is 6.39. The molecule has 1 aliphatic rings. The van der Waals surface area contributed by atoms with Crippen molar-refractivity contribution in [3.8, 4) is 11.3 Å². The molecule has 2 heterocycles. The van der Waals surface area contributed by atoms with Crippen LogP contribution in [-0.4, -0.2) is 50.7 Å². The average Bonchev–Trinajstić information content (AvgIpc) is 3.16. The number of cyclic esters (lactones) is 1. The first-order chi connectivity index (χ1) is 15.8. The van der Waals surface area contributed by atoms with Crippen molar-refractivity contribution < 1.29 is 32.2 Å². The van der Waals surface area contributed by atoms with E-state index in [2.05, 4.69) is 4.98 Å². The number of ether oxygens (including phenoxy) is 3. The van der Waals surface area contributed by atoms with Gasteiger partial charge >= 0.3 is 12.3 Å². The minimum Gasteiger partial charge on any atom is -0.441 e. The summed E-state index contributed by atoms with van der Waals surface area (Å²) in [7, 11) is 1.56. The molecule has 1 amide bonds. The smallest absolute Gasteiger partial charge is 0.417 e. The summed E-state index contributed by atoms with van der Waals surface area (Å²) < 4.78 is 55.8. The van der Waals surface area contributed by atoms with E-state index in [4.69, 9.17) is 14.2 Å². The standard InChI is InChI=1S/C23H21F3N2O5/c1-31-8-9-32-13-16-12-28(22(30)33-16)15-7-6-14-10-20(27-21(29)18(14)11-15)17-4-2-3-5-19(17)23(24,25)26/h2-7,10-11,16H,8-9,12-13H2,1H3,(H,27,29)/t16-/m1/s1. The summed E-state index contributed by atoms with van der Waals surface area (Å²) in [5.74, 6) is 0. The van der Waals surface area contributed by atoms with Gasteiger partial charge in [-0.1, -0.05) is 24.3 Å². The number of alkyl halides is 3. The van der Waals surface area contributed by atoms with Gasteiger partial charge in [0.15, 0.2) is 0 Å². The topological polar surface area (TPSA) is 80.9 Å². The number of nitrogens with one attached hydrogen (secondary N) is 1. The SMILES string of the molecule is COCCOC[C@H]1CN(c2ccc3cc(-c4ccccc4C(F)(F)F)[nH]c(=O)c3c2)C(=O)O1. The molecule has 1 N–H and O–H groups in total. The maximum Gasteiger partial charge on any atom is 0.417 e. The van der Waals surface area contributed by atoms with Crippen LogP contribution in [-0.2, 0) is 20.4 Å². The number of hydrogen-bond donors (Lipinski definition) is 1. The molecule has 0 radical (unpaired) electrons. The van der Waals surface area contributed by atoms with Crippen LogP contribution in [0.25, 0.3) is 22.0 Å². The summed E-state index contributed by atoms with van der Waals surface area (Å²) in [5, 5.41) is 0.690. The highest BCUT2D eigenvalue weighted by atomic mass is 19.4. The summed E-state index contributed by atoms with van der Waals surface area (Å²) in [6, 6.07) is 11.3. The number of fused-ring (bicyclic) bond motifs is 1. The van der Waals surface area contributed by atoms with Crippen molar-refractivity contribution >= 4 is 22.6 Å². The van der Waals surface area contributed by atoms with Crippen LogP contribution in [0.4, 0.5) is 23.7 Å². The lowest BCUT2D eigenvalue weighted by Crippen LogP contribution is -2.26. The molecule has 4 rings (SSSR count). The van der Waals surface area contributed by atoms with Gasteiger partial charge in [-0.05, 0) is 29.7 Å². The van der Waals surface area contributed by atoms with Crippen LogP contribution in [0.1, 0.15) is 5.56 Å². The van der Waals surface area contributed by atoms with Crippen molar-refractivity contribution in [1.82, 2.24) is 4.98 Å². The number of rotatable bonds is 7. The molecular formula is C23H21F3N2O5. The Morgan fingerprint density at radius 3 is 2.67 bits per heavy atom. The van der Waals surface area contributed by atoms with E-state index >= 15 is 0 Å². The number of aromatic amines is 1. The Bertz CT molecular complexity index is 1220. The van der Waals surface area contributed by atoms with Crippen LogP contribution in [0.15, 0.2) is 53.3 Å². The maximum absolute atomic E-state index is 13.4. The Labute approximate surface area is 186 Å². The number of amides is 1. The molecule has 0 bridgehead atoms. The van der Waals surface area contributed by atoms with E-state index < -0.39 is 29.5 Å². The lowest BCUT2D eigenvalue weighted by Gasteiger charge is -2.15. The van der Waals surface area contributed by atoms with Crippen LogP contribution >= 0.6 is 0 Å². The molecule has 33 heavy (non-hydrogen) atoms. The molecule has 0 spiro atoms. The first-order valence-electron chi connectivity index (χ1n) is 10.2. The molecule has 1 atom stereocenters. The van der Waals surface area contributed by atoms with Gasteiger partial charge in [-0.2, -0.15) is 13.2 Å². The number of carbonyl (C=O) groups excluding carboxylic acids is 1. The second-order valence-electron chi connectivity index (χ2n) is 7.51. The quantitative estimate of drug-likeness (QED) is 0.533. The lowest BCUT2D eigenvalue weighted by molar-refractivity contribution is -0.137. The number of anilines is 1. The van der Waals surface area contributed by atoms with Crippen molar-refractivity contribution in [1.29, 1.82) is 0 Å². The zero-order valence-corrected chi connectivity index (χ0v) is 17.6. The van der Waals surface area contributed by atoms with E-state index in [0.29, 0.717) is 24.3 Å². The van der Waals surface area contributed by atoms with Crippen LogP contribution in [0.3, 0.4) is 0 Å². The Morgan fingerprint density at radius 2 is 1.91 bits per heavy atom. The zero-order valence-electron chi connectivity index (χ0n) is 17.6. The molecule has 1 fully saturated rings. The van der Waals surface area contributed by atoms with Crippen LogP contribution in [0.2, 0.25) is 0 Å². The molecule has 0 saturated carbocycles. The summed E-state index contributed by atoms with van der Waals surface area (Å²) in [4.78, 5) is 29.0. The van der Waals surface area contributed by atoms with E-state index in [1.807, 2.05) is 0 Å². The summed E-state index contributed by atoms with van der Waals surface area (Å²) in [5.41, 5.74) is -1.01. The molecule has 10 heteroatoms. The second-order valence-corrected chi connectivity index (χ2v) is 7.51. The number of pyridine rings is 1. The molecule has 1 aliphatic heterocycles. The van der Waals surface area contributed by atoms with Crippen LogP contribution in [0, 0.1) is 0 Å². The van der Waals surface area contributed by atoms with E-state index in [1.54, 1.807) is 19.2 Å². The van der Waals surface area contributed by atoms with Crippen LogP contribution < -0.4 is 10.5 Å². The molecule has 0 aliphatic carbocycles. The number of aromatic nitrogens is 1. The summed E-state index contributed by atoms with van der Waals surface area (Å²) >= 11 is 0. The van der Waals surface area contributed by atoms with Gasteiger partial charge in [0, 0.05) is 29.4 Å². The molecule has 7 nitrogen and oxygen atoms in total. The molecule has 174 valence electrons. The first-order valence-corrected chi connectivity index (χ1v) is 10.2. The average molecular weight is 462 g/mol. The zero-order chi connectivity index (χ0) is 23.6. The number of hydrogen-bond acceptors (Lipinski definition) is 5. The Balaban J connectivity index is 1.61. The lowest BCUT2D eigenvalue weighted by atomic mass is 10.0. The Morgan fingerprint density at radius 1 is 1.12 bits per heavy atom. The molecule has 3 aromatic rings. The predicted molar refractivity (Wildman–Crippen MR) is 115 cm³/mol. The molecule has 2 aromatic carbocycles. The van der Waals surface area contributed by atoms with E-state index in [1.165, 1.54) is 35.2 Å². The molecule has 1 saturated heterocycles. The van der Waals surface area contributed by atoms with Gasteiger partial charge in [0.2, 0.25) is 0 Å². The number of nitrogens with zero attached hydrogens (tertiary/aromatic N) is 1. The van der Waals surface area contributed by atoms with Crippen LogP contribution in [0.5, 0.6) is 0 Å². The molecule has 1 aromatic heterocycles. The number of halogens is 3. The number of benzene rings is 2. The maximum atomic E-state index is 13.4. The van der Waals surface area contributed by atoms with Gasteiger partial charge in [0.25, 0.3) is 5.56 Å². The van der Waals surface area contributed by atoms with Gasteiger partial charge in [-0.25, -0.2) is 4.79 Å². The first kappa shape index (κ1) is 22.8. The fourth-order valence-electron chi connectivity index (χ4n) is 3.70. The largest absolute Gasteiger partial charge is 0.441 e. The fraction of sp³-hybridized carbons (Fsp3) is 0.304. The van der Waals surface area contributed by atoms with Crippen molar-refractivity contribution in [2.24, 2.45) is 0 Å². The van der Waals surface area contributed by atoms with E-state index in [9.17, 15) is 22.8 Å². The number of methoxy groups -OCH3 is 1. The highest BCUT2D eigenvalue weighted by Crippen LogP contribution is 2.36. The number of carbonyl (C=O) groups is 1. The van der Waals surface area contributed by atoms with Gasteiger partial charge in [-0.15, -0.1) is 0 Å². The summed E-state index contributed by atoms with van der Waals surface area (Å²) in [6.45, 7) is 1.25. The predicted octanol–water partition coefficient (Wildman–Crippen LogP) is 4.20. The third-order valence-corrected chi connectivity index (χ3v) is 5.27. The van der Waals surface area contributed by atoms with Crippen molar-refractivity contribution in [3.63, 3.8) is 0 Å². The van der Waals surface area contributed by atoms with Crippen molar-refractivity contribution in [2.45, 2.75) is 12.3 Å². The second kappa shape index (κ2) is 9.24. The van der Waals surface area contributed by atoms with Gasteiger partial charge in [0.05, 0.1) is 31.9 Å². The number of H-pyrrole nitrogens is 1. The minimum absolute atomic E-state index is 0.0574. The van der Waals surface area contributed by atoms with Crippen molar-refractivity contribution in [2.75, 3.05) is 38.4 Å².